The van der Waals surface area contributed by atoms with Gasteiger partial charge in [0, 0.05) is 29.3 Å². The van der Waals surface area contributed by atoms with Crippen LogP contribution in [0.5, 0.6) is 0 Å². The van der Waals surface area contributed by atoms with Crippen LogP contribution < -0.4 is 21.7 Å². The molecule has 0 aliphatic rings. The van der Waals surface area contributed by atoms with Gasteiger partial charge in [-0.05, 0) is 36.0 Å². The fourth-order valence-corrected chi connectivity index (χ4v) is 4.53. The van der Waals surface area contributed by atoms with Crippen molar-refractivity contribution in [1.82, 2.24) is 20.9 Å². The lowest BCUT2D eigenvalue weighted by atomic mass is 9.99. The SMILES string of the molecule is CCC(C)C(NC(=O)C(CS)NC(=O)C(Cc1c[nH]c2ccccc12)NC(=O)C(N)CCSC)C(=O)O. The molecular weight excluding hydrogens is 514 g/mol. The number of carboxylic acid groups (broad SMARTS) is 1. The number of amides is 3. The van der Waals surface area contributed by atoms with Crippen LogP contribution in [0.1, 0.15) is 32.3 Å². The topological polar surface area (TPSA) is 166 Å². The minimum Gasteiger partial charge on any atom is -0.480 e. The molecule has 1 aromatic heterocycles. The molecule has 0 bridgehead atoms. The molecule has 0 radical (unpaired) electrons. The first-order valence-electron chi connectivity index (χ1n) is 12.2. The smallest absolute Gasteiger partial charge is 0.326 e. The van der Waals surface area contributed by atoms with E-state index in [4.69, 9.17) is 5.73 Å². The average Bonchev–Trinajstić information content (AvgIpc) is 3.30. The van der Waals surface area contributed by atoms with Crippen LogP contribution in [0.25, 0.3) is 10.9 Å². The summed E-state index contributed by atoms with van der Waals surface area (Å²) in [6, 6.07) is 3.56. The average molecular weight is 552 g/mol. The number of H-pyrrole nitrogens is 1. The Bertz CT molecular complexity index is 1080. The standard InChI is InChI=1S/C25H37N5O5S2/c1-4-14(2)21(25(34)35)30-24(33)20(13-36)29-23(32)19(28-22(31)17(26)9-10-37-3)11-15-12-27-18-8-6-5-7-16(15)18/h5-8,12,14,17,19-21,27,36H,4,9-11,13,26H2,1-3H3,(H,28,31)(H,29,32)(H,30,33)(H,34,35). The second-order valence-corrected chi connectivity index (χ2v) is 10.3. The van der Waals surface area contributed by atoms with Gasteiger partial charge >= 0.3 is 5.97 Å². The van der Waals surface area contributed by atoms with Gasteiger partial charge in [-0.2, -0.15) is 24.4 Å². The summed E-state index contributed by atoms with van der Waals surface area (Å²) in [5.41, 5.74) is 7.72. The number of benzene rings is 1. The molecule has 0 fully saturated rings. The zero-order valence-corrected chi connectivity index (χ0v) is 23.0. The van der Waals surface area contributed by atoms with E-state index in [9.17, 15) is 24.3 Å². The van der Waals surface area contributed by atoms with Crippen molar-refractivity contribution in [2.45, 2.75) is 57.3 Å². The van der Waals surface area contributed by atoms with E-state index in [1.165, 1.54) is 0 Å². The maximum Gasteiger partial charge on any atom is 0.326 e. The van der Waals surface area contributed by atoms with Gasteiger partial charge in [0.05, 0.1) is 6.04 Å². The third-order valence-corrected chi connectivity index (χ3v) is 7.30. The Labute approximate surface area is 226 Å². The summed E-state index contributed by atoms with van der Waals surface area (Å²) in [7, 11) is 0. The molecule has 0 saturated carbocycles. The monoisotopic (exact) mass is 551 g/mol. The van der Waals surface area contributed by atoms with Crippen molar-refractivity contribution in [3.8, 4) is 0 Å². The third-order valence-electron chi connectivity index (χ3n) is 6.29. The molecule has 2 aromatic rings. The van der Waals surface area contributed by atoms with Crippen molar-refractivity contribution in [1.29, 1.82) is 0 Å². The van der Waals surface area contributed by atoms with Crippen LogP contribution >= 0.6 is 24.4 Å². The van der Waals surface area contributed by atoms with Crippen LogP contribution in [0.2, 0.25) is 0 Å². The predicted octanol–water partition coefficient (Wildman–Crippen LogP) is 1.31. The lowest BCUT2D eigenvalue weighted by Gasteiger charge is -2.26. The van der Waals surface area contributed by atoms with E-state index in [1.54, 1.807) is 24.9 Å². The summed E-state index contributed by atoms with van der Waals surface area (Å²) in [6.07, 6.45) is 4.84. The van der Waals surface area contributed by atoms with Crippen LogP contribution in [-0.2, 0) is 25.6 Å². The van der Waals surface area contributed by atoms with Gasteiger partial charge in [-0.15, -0.1) is 0 Å². The van der Waals surface area contributed by atoms with E-state index in [1.807, 2.05) is 37.4 Å². The molecule has 7 N–H and O–H groups in total. The molecule has 5 unspecified atom stereocenters. The van der Waals surface area contributed by atoms with Gasteiger partial charge in [-0.1, -0.05) is 38.5 Å². The molecule has 1 heterocycles. The fourth-order valence-electron chi connectivity index (χ4n) is 3.79. The summed E-state index contributed by atoms with van der Waals surface area (Å²) in [6.45, 7) is 3.55. The Balaban J connectivity index is 2.23. The fraction of sp³-hybridized carbons (Fsp3) is 0.520. The number of hydrogen-bond donors (Lipinski definition) is 7. The molecule has 0 spiro atoms. The Hall–Kier alpha value is -2.70. The lowest BCUT2D eigenvalue weighted by molar-refractivity contribution is -0.143. The Morgan fingerprint density at radius 3 is 2.35 bits per heavy atom. The number of aliphatic carboxylic acids is 1. The summed E-state index contributed by atoms with van der Waals surface area (Å²) >= 11 is 5.75. The van der Waals surface area contributed by atoms with Crippen LogP contribution in [0.15, 0.2) is 30.5 Å². The minimum absolute atomic E-state index is 0.0641. The molecule has 0 saturated heterocycles. The molecule has 5 atom stereocenters. The Morgan fingerprint density at radius 1 is 1.08 bits per heavy atom. The lowest BCUT2D eigenvalue weighted by Crippen LogP contribution is -2.58. The number of nitrogens with one attached hydrogen (secondary N) is 4. The van der Waals surface area contributed by atoms with Crippen molar-refractivity contribution >= 4 is 59.0 Å². The number of aromatic nitrogens is 1. The second-order valence-electron chi connectivity index (χ2n) is 8.97. The number of nitrogens with two attached hydrogens (primary N) is 1. The van der Waals surface area contributed by atoms with Gasteiger partial charge in [0.25, 0.3) is 0 Å². The highest BCUT2D eigenvalue weighted by molar-refractivity contribution is 7.98. The van der Waals surface area contributed by atoms with E-state index < -0.39 is 47.9 Å². The molecule has 1 aromatic carbocycles. The molecule has 3 amide bonds. The van der Waals surface area contributed by atoms with E-state index in [2.05, 4.69) is 33.6 Å². The van der Waals surface area contributed by atoms with Crippen molar-refractivity contribution in [3.05, 3.63) is 36.0 Å². The molecule has 37 heavy (non-hydrogen) atoms. The van der Waals surface area contributed by atoms with Gasteiger partial charge in [0.1, 0.15) is 18.1 Å². The normalized spacial score (nSPS) is 15.3. The maximum absolute atomic E-state index is 13.3. The van der Waals surface area contributed by atoms with Crippen molar-refractivity contribution < 1.29 is 24.3 Å². The van der Waals surface area contributed by atoms with Crippen LogP contribution in [0.3, 0.4) is 0 Å². The number of para-hydroxylation sites is 1. The number of thiol groups is 1. The highest BCUT2D eigenvalue weighted by Crippen LogP contribution is 2.19. The quantitative estimate of drug-likeness (QED) is 0.164. The van der Waals surface area contributed by atoms with Crippen molar-refractivity contribution in [2.24, 2.45) is 11.7 Å². The highest BCUT2D eigenvalue weighted by Gasteiger charge is 2.31. The first kappa shape index (κ1) is 30.5. The van der Waals surface area contributed by atoms with Crippen molar-refractivity contribution in [2.75, 3.05) is 17.8 Å². The van der Waals surface area contributed by atoms with Crippen molar-refractivity contribution in [3.63, 3.8) is 0 Å². The molecule has 10 nitrogen and oxygen atoms in total. The largest absolute Gasteiger partial charge is 0.480 e. The van der Waals surface area contributed by atoms with Gasteiger partial charge in [-0.25, -0.2) is 4.79 Å². The van der Waals surface area contributed by atoms with Crippen LogP contribution in [0, 0.1) is 5.92 Å². The molecule has 0 aliphatic carbocycles. The molecule has 0 aliphatic heterocycles. The maximum atomic E-state index is 13.3. The number of carboxylic acids is 1. The van der Waals surface area contributed by atoms with Gasteiger partial charge in [0.15, 0.2) is 0 Å². The molecular formula is C25H37N5O5S2. The Kier molecular flexibility index (Phi) is 12.3. The summed E-state index contributed by atoms with van der Waals surface area (Å²) in [4.78, 5) is 53.8. The summed E-state index contributed by atoms with van der Waals surface area (Å²) in [5.74, 6) is -2.57. The number of fused-ring (bicyclic) bond motifs is 1. The highest BCUT2D eigenvalue weighted by atomic mass is 32.2. The first-order valence-corrected chi connectivity index (χ1v) is 14.2. The third kappa shape index (κ3) is 8.68. The summed E-state index contributed by atoms with van der Waals surface area (Å²) < 4.78 is 0. The van der Waals surface area contributed by atoms with Crippen LogP contribution in [-0.4, -0.2) is 75.7 Å². The summed E-state index contributed by atoms with van der Waals surface area (Å²) in [5, 5.41) is 18.3. The number of aromatic amines is 1. The zero-order valence-electron chi connectivity index (χ0n) is 21.3. The van der Waals surface area contributed by atoms with Gasteiger partial charge in [0.2, 0.25) is 17.7 Å². The van der Waals surface area contributed by atoms with Gasteiger partial charge < -0.3 is 31.8 Å². The number of thioether (sulfide) groups is 1. The van der Waals surface area contributed by atoms with Gasteiger partial charge in [-0.3, -0.25) is 14.4 Å². The first-order chi connectivity index (χ1) is 17.6. The van der Waals surface area contributed by atoms with E-state index in [0.29, 0.717) is 18.6 Å². The number of carbonyl (C=O) groups is 4. The van der Waals surface area contributed by atoms with Crippen LogP contribution in [0.4, 0.5) is 0 Å². The molecule has 204 valence electrons. The number of carbonyl (C=O) groups excluding carboxylic acids is 3. The Morgan fingerprint density at radius 2 is 1.73 bits per heavy atom. The number of hydrogen-bond acceptors (Lipinski definition) is 7. The number of rotatable bonds is 15. The predicted molar refractivity (Wildman–Crippen MR) is 150 cm³/mol. The van der Waals surface area contributed by atoms with E-state index in [-0.39, 0.29) is 18.1 Å². The molecule has 12 heteroatoms. The zero-order chi connectivity index (χ0) is 27.5. The van der Waals surface area contributed by atoms with E-state index in [0.717, 1.165) is 16.5 Å². The molecule has 2 rings (SSSR count). The minimum atomic E-state index is -1.16. The van der Waals surface area contributed by atoms with E-state index >= 15 is 0 Å². The second kappa shape index (κ2) is 14.9.